The zero-order valence-corrected chi connectivity index (χ0v) is 14.7. The molecule has 7 nitrogen and oxygen atoms in total. The Morgan fingerprint density at radius 1 is 1.38 bits per heavy atom. The van der Waals surface area contributed by atoms with Crippen LogP contribution in [0.15, 0.2) is 30.5 Å². The fourth-order valence-corrected chi connectivity index (χ4v) is 3.24. The van der Waals surface area contributed by atoms with Crippen molar-refractivity contribution in [2.45, 2.75) is 5.75 Å². The zero-order chi connectivity index (χ0) is 17.6. The molecule has 8 heteroatoms. The van der Waals surface area contributed by atoms with Crippen molar-refractivity contribution in [3.05, 3.63) is 36.0 Å². The van der Waals surface area contributed by atoms with E-state index in [1.165, 1.54) is 19.4 Å². The first-order chi connectivity index (χ1) is 11.4. The van der Waals surface area contributed by atoms with Crippen LogP contribution in [0.25, 0.3) is 0 Å². The number of carbonyl (C=O) groups is 1. The van der Waals surface area contributed by atoms with Crippen LogP contribution in [-0.4, -0.2) is 58.8 Å². The van der Waals surface area contributed by atoms with Gasteiger partial charge in [-0.25, -0.2) is 8.42 Å². The molecule has 1 heterocycles. The fraction of sp³-hybridized carbons (Fsp3) is 0.438. The molecule has 0 aromatic heterocycles. The molecule has 0 aliphatic carbocycles. The van der Waals surface area contributed by atoms with E-state index in [-0.39, 0.29) is 11.7 Å². The highest BCUT2D eigenvalue weighted by Gasteiger charge is 2.13. The van der Waals surface area contributed by atoms with Crippen molar-refractivity contribution in [2.75, 3.05) is 44.9 Å². The molecule has 1 saturated heterocycles. The van der Waals surface area contributed by atoms with Crippen LogP contribution in [-0.2, 0) is 20.4 Å². The maximum atomic E-state index is 12.1. The number of nitrogens with one attached hydrogen (secondary N) is 2. The van der Waals surface area contributed by atoms with Gasteiger partial charge in [0, 0.05) is 44.7 Å². The molecule has 0 unspecified atom stereocenters. The molecule has 24 heavy (non-hydrogen) atoms. The van der Waals surface area contributed by atoms with Gasteiger partial charge < -0.3 is 20.3 Å². The minimum absolute atomic E-state index is 0.0465. The van der Waals surface area contributed by atoms with Gasteiger partial charge in [-0.05, 0) is 17.7 Å². The molecule has 2 N–H and O–H groups in total. The highest BCUT2D eigenvalue weighted by Crippen LogP contribution is 2.26. The van der Waals surface area contributed by atoms with Crippen molar-refractivity contribution >= 4 is 21.4 Å². The molecule has 1 aliphatic rings. The maximum Gasteiger partial charge on any atom is 0.248 e. The summed E-state index contributed by atoms with van der Waals surface area (Å²) in [6, 6.07) is 5.12. The van der Waals surface area contributed by atoms with Gasteiger partial charge in [0.1, 0.15) is 5.75 Å². The van der Waals surface area contributed by atoms with E-state index in [1.54, 1.807) is 29.3 Å². The number of piperazine rings is 1. The summed E-state index contributed by atoms with van der Waals surface area (Å²) in [5.41, 5.74) is 1.27. The number of anilines is 1. The maximum absolute atomic E-state index is 12.1. The van der Waals surface area contributed by atoms with Gasteiger partial charge in [0.25, 0.3) is 0 Å². The van der Waals surface area contributed by atoms with E-state index in [4.69, 9.17) is 4.74 Å². The Kier molecular flexibility index (Phi) is 6.22. The van der Waals surface area contributed by atoms with Crippen LogP contribution in [0.2, 0.25) is 0 Å². The number of benzene rings is 1. The lowest BCUT2D eigenvalue weighted by Crippen LogP contribution is -2.45. The summed E-state index contributed by atoms with van der Waals surface area (Å²) in [7, 11) is -1.58. The lowest BCUT2D eigenvalue weighted by Gasteiger charge is -2.26. The molecule has 1 aromatic carbocycles. The van der Waals surface area contributed by atoms with Crippen LogP contribution in [0.3, 0.4) is 0 Å². The molecule has 1 fully saturated rings. The Bertz CT molecular complexity index is 710. The first-order valence-corrected chi connectivity index (χ1v) is 9.72. The lowest BCUT2D eigenvalue weighted by atomic mass is 10.2. The fourth-order valence-electron chi connectivity index (χ4n) is 2.45. The molecule has 0 atom stereocenters. The number of ether oxygens (including phenoxy) is 1. The van der Waals surface area contributed by atoms with Crippen LogP contribution in [0.1, 0.15) is 5.56 Å². The van der Waals surface area contributed by atoms with Gasteiger partial charge in [0.05, 0.1) is 18.6 Å². The third-order valence-electron chi connectivity index (χ3n) is 3.59. The Balaban J connectivity index is 2.05. The van der Waals surface area contributed by atoms with Crippen LogP contribution in [0.4, 0.5) is 5.69 Å². The van der Waals surface area contributed by atoms with Crippen molar-refractivity contribution < 1.29 is 17.9 Å². The SMILES string of the molecule is COc1ccc(CS(C)(=O)=O)cc1N/C=C\C(=O)N1CCNCC1. The van der Waals surface area contributed by atoms with E-state index < -0.39 is 9.84 Å². The van der Waals surface area contributed by atoms with Gasteiger partial charge in [0.2, 0.25) is 5.91 Å². The highest BCUT2D eigenvalue weighted by atomic mass is 32.2. The first-order valence-electron chi connectivity index (χ1n) is 7.66. The van der Waals surface area contributed by atoms with Crippen LogP contribution in [0.5, 0.6) is 5.75 Å². The van der Waals surface area contributed by atoms with E-state index in [9.17, 15) is 13.2 Å². The Morgan fingerprint density at radius 3 is 2.71 bits per heavy atom. The lowest BCUT2D eigenvalue weighted by molar-refractivity contribution is -0.126. The molecule has 132 valence electrons. The van der Waals surface area contributed by atoms with Gasteiger partial charge in [-0.15, -0.1) is 0 Å². The Morgan fingerprint density at radius 2 is 2.08 bits per heavy atom. The number of methoxy groups -OCH3 is 1. The predicted octanol–water partition coefficient (Wildman–Crippen LogP) is 0.597. The van der Waals surface area contributed by atoms with Gasteiger partial charge >= 0.3 is 0 Å². The Hall–Kier alpha value is -2.06. The molecule has 1 amide bonds. The number of nitrogens with zero attached hydrogens (tertiary/aromatic N) is 1. The third kappa shape index (κ3) is 5.54. The van der Waals surface area contributed by atoms with Gasteiger partial charge in [0.15, 0.2) is 9.84 Å². The minimum Gasteiger partial charge on any atom is -0.495 e. The second kappa shape index (κ2) is 8.16. The summed E-state index contributed by atoms with van der Waals surface area (Å²) in [5, 5.41) is 6.19. The number of hydrogen-bond acceptors (Lipinski definition) is 6. The number of hydrogen-bond donors (Lipinski definition) is 2. The number of sulfone groups is 1. The Labute approximate surface area is 142 Å². The normalized spacial score (nSPS) is 15.5. The van der Waals surface area contributed by atoms with E-state index >= 15 is 0 Å². The molecular weight excluding hydrogens is 330 g/mol. The number of amides is 1. The number of carbonyl (C=O) groups excluding carboxylic acids is 1. The van der Waals surface area contributed by atoms with Crippen molar-refractivity contribution in [2.24, 2.45) is 0 Å². The van der Waals surface area contributed by atoms with Crippen molar-refractivity contribution in [1.82, 2.24) is 10.2 Å². The van der Waals surface area contributed by atoms with Crippen LogP contribution < -0.4 is 15.4 Å². The monoisotopic (exact) mass is 353 g/mol. The predicted molar refractivity (Wildman–Crippen MR) is 93.8 cm³/mol. The van der Waals surface area contributed by atoms with Crippen molar-refractivity contribution in [1.29, 1.82) is 0 Å². The molecule has 0 saturated carbocycles. The second-order valence-corrected chi connectivity index (χ2v) is 7.80. The second-order valence-electron chi connectivity index (χ2n) is 5.66. The first kappa shape index (κ1) is 18.3. The molecule has 1 aromatic rings. The third-order valence-corrected chi connectivity index (χ3v) is 4.44. The van der Waals surface area contributed by atoms with Gasteiger partial charge in [-0.2, -0.15) is 0 Å². The molecule has 0 bridgehead atoms. The van der Waals surface area contributed by atoms with E-state index in [0.29, 0.717) is 30.1 Å². The molecular formula is C16H23N3O4S. The summed E-state index contributed by atoms with van der Waals surface area (Å²) >= 11 is 0. The van der Waals surface area contributed by atoms with Crippen molar-refractivity contribution in [3.63, 3.8) is 0 Å². The van der Waals surface area contributed by atoms with Crippen LogP contribution in [0, 0.1) is 0 Å². The van der Waals surface area contributed by atoms with E-state index in [0.717, 1.165) is 13.1 Å². The molecule has 0 spiro atoms. The van der Waals surface area contributed by atoms with Gasteiger partial charge in [-0.1, -0.05) is 6.07 Å². The standard InChI is InChI=1S/C16H23N3O4S/c1-23-15-4-3-13(12-24(2,21)22)11-14(15)18-6-5-16(20)19-9-7-17-8-10-19/h3-6,11,17-18H,7-10,12H2,1-2H3/b6-5-. The van der Waals surface area contributed by atoms with Crippen LogP contribution >= 0.6 is 0 Å². The molecule has 2 rings (SSSR count). The quantitative estimate of drug-likeness (QED) is 0.728. The summed E-state index contributed by atoms with van der Waals surface area (Å²) in [5.74, 6) is 0.469. The smallest absolute Gasteiger partial charge is 0.248 e. The highest BCUT2D eigenvalue weighted by molar-refractivity contribution is 7.89. The summed E-state index contributed by atoms with van der Waals surface area (Å²) < 4.78 is 28.1. The van der Waals surface area contributed by atoms with Gasteiger partial charge in [-0.3, -0.25) is 4.79 Å². The average molecular weight is 353 g/mol. The van der Waals surface area contributed by atoms with E-state index in [1.807, 2.05) is 0 Å². The summed E-state index contributed by atoms with van der Waals surface area (Å²) in [6.07, 6.45) is 4.21. The molecule has 1 aliphatic heterocycles. The largest absolute Gasteiger partial charge is 0.495 e. The topological polar surface area (TPSA) is 87.7 Å². The number of rotatable bonds is 6. The summed E-state index contributed by atoms with van der Waals surface area (Å²) in [4.78, 5) is 13.8. The van der Waals surface area contributed by atoms with Crippen molar-refractivity contribution in [3.8, 4) is 5.75 Å². The average Bonchev–Trinajstić information content (AvgIpc) is 2.54. The van der Waals surface area contributed by atoms with E-state index in [2.05, 4.69) is 10.6 Å². The zero-order valence-electron chi connectivity index (χ0n) is 13.9. The summed E-state index contributed by atoms with van der Waals surface area (Å²) in [6.45, 7) is 2.98. The minimum atomic E-state index is -3.12. The molecule has 0 radical (unpaired) electrons.